The summed E-state index contributed by atoms with van der Waals surface area (Å²) < 4.78 is 7.49. The molecule has 2 aliphatic rings. The van der Waals surface area contributed by atoms with E-state index in [0.717, 1.165) is 22.0 Å². The molecule has 0 N–H and O–H groups in total. The first-order valence-corrected chi connectivity index (χ1v) is 12.5. The maximum absolute atomic E-state index is 10.4. The topological polar surface area (TPSA) is 70.2 Å². The summed E-state index contributed by atoms with van der Waals surface area (Å²) in [4.78, 5) is 4.23. The van der Waals surface area contributed by atoms with Crippen LogP contribution in [0.2, 0.25) is 5.02 Å². The molecular formula is C26H24BrClN6OS. The van der Waals surface area contributed by atoms with Crippen LogP contribution in [0.15, 0.2) is 77.7 Å². The van der Waals surface area contributed by atoms with Gasteiger partial charge in [0.1, 0.15) is 16.7 Å². The van der Waals surface area contributed by atoms with Gasteiger partial charge in [-0.05, 0) is 29.8 Å². The molecule has 0 atom stereocenters. The second-order valence-corrected chi connectivity index (χ2v) is 9.21. The first-order chi connectivity index (χ1) is 17.2. The summed E-state index contributed by atoms with van der Waals surface area (Å²) >= 11 is 7.60. The van der Waals surface area contributed by atoms with Crippen LogP contribution in [-0.2, 0) is 4.74 Å². The van der Waals surface area contributed by atoms with Crippen LogP contribution in [0.5, 0.6) is 0 Å². The van der Waals surface area contributed by atoms with Gasteiger partial charge in [-0.1, -0.05) is 59.8 Å². The zero-order valence-corrected chi connectivity index (χ0v) is 22.7. The average molecular weight is 584 g/mol. The number of thioether (sulfide) groups is 1. The zero-order valence-electron chi connectivity index (χ0n) is 19.4. The van der Waals surface area contributed by atoms with E-state index < -0.39 is 0 Å². The van der Waals surface area contributed by atoms with E-state index in [2.05, 4.69) is 32.6 Å². The van der Waals surface area contributed by atoms with Gasteiger partial charge in [-0.15, -0.1) is 33.8 Å². The summed E-state index contributed by atoms with van der Waals surface area (Å²) in [7, 11) is 0. The first-order valence-electron chi connectivity index (χ1n) is 11.2. The number of para-hydroxylation sites is 1. The van der Waals surface area contributed by atoms with Crippen LogP contribution < -0.4 is 4.90 Å². The lowest BCUT2D eigenvalue weighted by Crippen LogP contribution is -2.38. The van der Waals surface area contributed by atoms with E-state index in [1.807, 2.05) is 70.6 Å². The lowest BCUT2D eigenvalue weighted by atomic mass is 10.1. The molecular weight excluding hydrogens is 560 g/mol. The fourth-order valence-corrected chi connectivity index (χ4v) is 5.28. The number of nitriles is 1. The third-order valence-corrected chi connectivity index (χ3v) is 7.01. The van der Waals surface area contributed by atoms with Crippen molar-refractivity contribution in [3.63, 3.8) is 0 Å². The second kappa shape index (κ2) is 11.8. The third-order valence-electron chi connectivity index (χ3n) is 5.77. The molecule has 1 fully saturated rings. The summed E-state index contributed by atoms with van der Waals surface area (Å²) in [6.45, 7) is 7.15. The largest absolute Gasteiger partial charge is 0.378 e. The number of nitrogens with zero attached hydrogens (tertiary/aromatic N) is 6. The Morgan fingerprint density at radius 1 is 1.11 bits per heavy atom. The standard InChI is InChI=1S/C26H23ClN6OS.BrH/c1-2-12-32-23(19-8-10-20(27)11-9-19)18-35-25(32)22(17-28)24-29-30-26(31-13-15-34-16-14-31)33(24)21-6-4-3-5-7-21;/h2-11,18H,1,12-16H2;1H/b25-22+;. The minimum absolute atomic E-state index is 0. The van der Waals surface area contributed by atoms with Gasteiger partial charge < -0.3 is 14.5 Å². The van der Waals surface area contributed by atoms with Gasteiger partial charge in [0, 0.05) is 30.1 Å². The van der Waals surface area contributed by atoms with E-state index in [4.69, 9.17) is 16.3 Å². The van der Waals surface area contributed by atoms with Crippen molar-refractivity contribution in [2.45, 2.75) is 0 Å². The molecule has 7 nitrogen and oxygen atoms in total. The SMILES string of the molecule is Br.C=CCN1C(c2ccc(Cl)cc2)=CS/C1=C(\C#N)c1nnc(N2CCOCC2)n1-c1ccccc1. The lowest BCUT2D eigenvalue weighted by Gasteiger charge is -2.28. The summed E-state index contributed by atoms with van der Waals surface area (Å²) in [5.41, 5.74) is 3.34. The highest BCUT2D eigenvalue weighted by Crippen LogP contribution is 2.43. The van der Waals surface area contributed by atoms with E-state index in [1.165, 1.54) is 11.8 Å². The number of rotatable bonds is 6. The average Bonchev–Trinajstić information content (AvgIpc) is 3.52. The Morgan fingerprint density at radius 2 is 1.83 bits per heavy atom. The third kappa shape index (κ3) is 5.08. The van der Waals surface area contributed by atoms with Crippen molar-refractivity contribution in [3.05, 3.63) is 94.1 Å². The van der Waals surface area contributed by atoms with Gasteiger partial charge in [-0.25, -0.2) is 0 Å². The Morgan fingerprint density at radius 3 is 2.50 bits per heavy atom. The maximum atomic E-state index is 10.4. The van der Waals surface area contributed by atoms with Gasteiger partial charge in [-0.3, -0.25) is 4.57 Å². The monoisotopic (exact) mass is 582 g/mol. The molecule has 3 heterocycles. The Kier molecular flexibility index (Phi) is 8.54. The highest BCUT2D eigenvalue weighted by atomic mass is 79.9. The highest BCUT2D eigenvalue weighted by molar-refractivity contribution is 8.93. The summed E-state index contributed by atoms with van der Waals surface area (Å²) in [5.74, 6) is 1.20. The van der Waals surface area contributed by atoms with Crippen LogP contribution in [0, 0.1) is 11.3 Å². The minimum Gasteiger partial charge on any atom is -0.378 e. The molecule has 0 radical (unpaired) electrons. The summed E-state index contributed by atoms with van der Waals surface area (Å²) in [6.07, 6.45) is 1.83. The molecule has 2 aromatic carbocycles. The molecule has 0 unspecified atom stereocenters. The molecule has 1 aromatic heterocycles. The Hall–Kier alpha value is -3.03. The zero-order chi connectivity index (χ0) is 24.2. The van der Waals surface area contributed by atoms with Crippen molar-refractivity contribution >= 4 is 57.6 Å². The molecule has 36 heavy (non-hydrogen) atoms. The molecule has 0 spiro atoms. The van der Waals surface area contributed by atoms with Gasteiger partial charge in [-0.2, -0.15) is 5.26 Å². The first kappa shape index (κ1) is 26.0. The Labute approximate surface area is 230 Å². The number of allylic oxidation sites excluding steroid dienone is 1. The Balaban J connectivity index is 0.00000304. The quantitative estimate of drug-likeness (QED) is 0.270. The second-order valence-electron chi connectivity index (χ2n) is 7.91. The fourth-order valence-electron chi connectivity index (χ4n) is 4.11. The van der Waals surface area contributed by atoms with Crippen molar-refractivity contribution in [2.24, 2.45) is 0 Å². The number of morpholine rings is 1. The molecule has 0 amide bonds. The molecule has 184 valence electrons. The molecule has 5 rings (SSSR count). The van der Waals surface area contributed by atoms with E-state index in [-0.39, 0.29) is 17.0 Å². The molecule has 10 heteroatoms. The molecule has 3 aromatic rings. The fraction of sp³-hybridized carbons (Fsp3) is 0.192. The van der Waals surface area contributed by atoms with E-state index >= 15 is 0 Å². The normalized spacial score (nSPS) is 16.7. The van der Waals surface area contributed by atoms with Crippen LogP contribution in [0.4, 0.5) is 5.95 Å². The van der Waals surface area contributed by atoms with Crippen molar-refractivity contribution < 1.29 is 4.74 Å². The molecule has 1 saturated heterocycles. The van der Waals surface area contributed by atoms with Gasteiger partial charge >= 0.3 is 0 Å². The van der Waals surface area contributed by atoms with E-state index in [1.54, 1.807) is 0 Å². The highest BCUT2D eigenvalue weighted by Gasteiger charge is 2.30. The van der Waals surface area contributed by atoms with Crippen molar-refractivity contribution in [1.29, 1.82) is 5.26 Å². The van der Waals surface area contributed by atoms with Crippen LogP contribution in [0.25, 0.3) is 17.0 Å². The van der Waals surface area contributed by atoms with Crippen molar-refractivity contribution in [1.82, 2.24) is 19.7 Å². The number of ether oxygens (including phenoxy) is 1. The van der Waals surface area contributed by atoms with Crippen LogP contribution in [0.3, 0.4) is 0 Å². The minimum atomic E-state index is 0. The summed E-state index contributed by atoms with van der Waals surface area (Å²) in [6, 6.07) is 20.0. The molecule has 0 bridgehead atoms. The number of hydrogen-bond acceptors (Lipinski definition) is 7. The predicted molar refractivity (Wildman–Crippen MR) is 151 cm³/mol. The molecule has 2 aliphatic heterocycles. The summed E-state index contributed by atoms with van der Waals surface area (Å²) in [5, 5.41) is 23.0. The predicted octanol–water partition coefficient (Wildman–Crippen LogP) is 5.76. The van der Waals surface area contributed by atoms with Crippen LogP contribution in [0.1, 0.15) is 11.4 Å². The number of benzene rings is 2. The number of anilines is 1. The number of hydrogen-bond donors (Lipinski definition) is 0. The number of aromatic nitrogens is 3. The van der Waals surface area contributed by atoms with E-state index in [0.29, 0.717) is 55.2 Å². The molecule has 0 saturated carbocycles. The number of halogens is 2. The van der Waals surface area contributed by atoms with Crippen molar-refractivity contribution in [2.75, 3.05) is 37.7 Å². The smallest absolute Gasteiger partial charge is 0.232 e. The maximum Gasteiger partial charge on any atom is 0.232 e. The van der Waals surface area contributed by atoms with E-state index in [9.17, 15) is 5.26 Å². The van der Waals surface area contributed by atoms with Gasteiger partial charge in [0.25, 0.3) is 0 Å². The van der Waals surface area contributed by atoms with Gasteiger partial charge in [0.05, 0.1) is 24.6 Å². The van der Waals surface area contributed by atoms with Crippen LogP contribution >= 0.6 is 40.3 Å². The lowest BCUT2D eigenvalue weighted by molar-refractivity contribution is 0.122. The van der Waals surface area contributed by atoms with Crippen molar-refractivity contribution in [3.8, 4) is 11.8 Å². The van der Waals surface area contributed by atoms with Gasteiger partial charge in [0.15, 0.2) is 5.82 Å². The molecule has 0 aliphatic carbocycles. The Bertz CT molecular complexity index is 1330. The van der Waals surface area contributed by atoms with Crippen LogP contribution in [-0.4, -0.2) is 52.5 Å². The van der Waals surface area contributed by atoms with Gasteiger partial charge in [0.2, 0.25) is 5.95 Å².